The molecule has 18 heavy (non-hydrogen) atoms. The molecule has 0 fully saturated rings. The molecule has 7 heteroatoms. The van der Waals surface area contributed by atoms with Gasteiger partial charge >= 0.3 is 0 Å². The van der Waals surface area contributed by atoms with E-state index < -0.39 is 4.92 Å². The van der Waals surface area contributed by atoms with Crippen LogP contribution in [-0.2, 0) is 0 Å². The maximum absolute atomic E-state index is 10.5. The van der Waals surface area contributed by atoms with Crippen LogP contribution in [0.15, 0.2) is 34.7 Å². The zero-order valence-electron chi connectivity index (χ0n) is 9.55. The fourth-order valence-corrected chi connectivity index (χ4v) is 1.76. The number of rotatable bonds is 4. The second-order valence-electron chi connectivity index (χ2n) is 3.79. The third-order valence-electron chi connectivity index (χ3n) is 2.55. The highest BCUT2D eigenvalue weighted by Crippen LogP contribution is 2.23. The first-order chi connectivity index (χ1) is 8.45. The van der Waals surface area contributed by atoms with E-state index in [1.807, 2.05) is 6.07 Å². The second-order valence-corrected chi connectivity index (χ2v) is 4.23. The van der Waals surface area contributed by atoms with Gasteiger partial charge in [-0.3, -0.25) is 10.1 Å². The number of nitriles is 1. The van der Waals surface area contributed by atoms with E-state index in [1.165, 1.54) is 6.08 Å². The van der Waals surface area contributed by atoms with Crippen molar-refractivity contribution in [2.24, 2.45) is 11.5 Å². The molecule has 4 N–H and O–H groups in total. The van der Waals surface area contributed by atoms with Crippen LogP contribution in [0.1, 0.15) is 19.3 Å². The van der Waals surface area contributed by atoms with Crippen molar-refractivity contribution in [3.63, 3.8) is 0 Å². The predicted molar refractivity (Wildman–Crippen MR) is 70.6 cm³/mol. The van der Waals surface area contributed by atoms with Gasteiger partial charge in [0.2, 0.25) is 5.70 Å². The topological polar surface area (TPSA) is 119 Å². The third kappa shape index (κ3) is 3.40. The molecule has 0 aliphatic heterocycles. The summed E-state index contributed by atoms with van der Waals surface area (Å²) in [6.07, 6.45) is 4.37. The van der Waals surface area contributed by atoms with Crippen LogP contribution in [-0.4, -0.2) is 9.91 Å². The van der Waals surface area contributed by atoms with Crippen molar-refractivity contribution in [1.82, 2.24) is 0 Å². The van der Waals surface area contributed by atoms with Crippen molar-refractivity contribution < 1.29 is 4.92 Å². The first kappa shape index (κ1) is 13.9. The minimum atomic E-state index is -0.401. The van der Waals surface area contributed by atoms with E-state index in [1.54, 1.807) is 6.08 Å². The maximum Gasteiger partial charge on any atom is 0.246 e. The quantitative estimate of drug-likeness (QED) is 0.259. The van der Waals surface area contributed by atoms with Gasteiger partial charge in [-0.2, -0.15) is 5.26 Å². The summed E-state index contributed by atoms with van der Waals surface area (Å²) in [5, 5.41) is 19.4. The fourth-order valence-electron chi connectivity index (χ4n) is 1.59. The van der Waals surface area contributed by atoms with Gasteiger partial charge in [0, 0.05) is 24.6 Å². The Morgan fingerprint density at radius 1 is 1.50 bits per heavy atom. The average molecular weight is 264 g/mol. The van der Waals surface area contributed by atoms with E-state index in [-0.39, 0.29) is 16.3 Å². The van der Waals surface area contributed by atoms with Gasteiger partial charge in [0.25, 0.3) is 0 Å². The Hall–Kier alpha value is -2.20. The van der Waals surface area contributed by atoms with Crippen LogP contribution in [0.2, 0.25) is 0 Å². The van der Waals surface area contributed by atoms with Crippen molar-refractivity contribution >= 4 is 17.2 Å². The highest BCUT2D eigenvalue weighted by Gasteiger charge is 2.16. The molecule has 0 aromatic rings. The van der Waals surface area contributed by atoms with Gasteiger partial charge in [-0.25, -0.2) is 0 Å². The summed E-state index contributed by atoms with van der Waals surface area (Å²) < 4.78 is 0. The normalized spacial score (nSPS) is 15.9. The van der Waals surface area contributed by atoms with Gasteiger partial charge in [-0.1, -0.05) is 23.9 Å². The van der Waals surface area contributed by atoms with Crippen LogP contribution in [0, 0.1) is 21.4 Å². The number of allylic oxidation sites excluding steroid dienone is 4. The Kier molecular flexibility index (Phi) is 4.57. The van der Waals surface area contributed by atoms with E-state index in [4.69, 9.17) is 28.9 Å². The summed E-state index contributed by atoms with van der Waals surface area (Å²) in [5.74, 6) is 0. The molecule has 1 rings (SSSR count). The predicted octanol–water partition coefficient (Wildman–Crippen LogP) is 1.28. The highest BCUT2D eigenvalue weighted by molar-refractivity contribution is 7.80. The molecule has 94 valence electrons. The molecular weight excluding hydrogens is 252 g/mol. The van der Waals surface area contributed by atoms with Crippen LogP contribution >= 0.6 is 12.2 Å². The lowest BCUT2D eigenvalue weighted by molar-refractivity contribution is -0.428. The van der Waals surface area contributed by atoms with E-state index in [2.05, 4.69) is 0 Å². The largest absolute Gasteiger partial charge is 0.401 e. The molecule has 0 amide bonds. The number of nitrogens with two attached hydrogens (primary N) is 2. The zero-order valence-corrected chi connectivity index (χ0v) is 10.4. The van der Waals surface area contributed by atoms with Crippen molar-refractivity contribution in [3.05, 3.63) is 44.8 Å². The lowest BCUT2D eigenvalue weighted by Crippen LogP contribution is -2.16. The molecule has 6 nitrogen and oxygen atoms in total. The smallest absolute Gasteiger partial charge is 0.246 e. The molecule has 0 atom stereocenters. The van der Waals surface area contributed by atoms with E-state index >= 15 is 0 Å². The number of hydrogen-bond acceptors (Lipinski definition) is 5. The Balaban J connectivity index is 2.86. The first-order valence-corrected chi connectivity index (χ1v) is 5.58. The van der Waals surface area contributed by atoms with Crippen molar-refractivity contribution in [2.75, 3.05) is 0 Å². The van der Waals surface area contributed by atoms with Gasteiger partial charge in [0.1, 0.15) is 16.6 Å². The molecule has 0 radical (unpaired) electrons. The Morgan fingerprint density at radius 3 is 2.56 bits per heavy atom. The number of hydrogen-bond donors (Lipinski definition) is 2. The van der Waals surface area contributed by atoms with E-state index in [0.717, 1.165) is 5.57 Å². The van der Waals surface area contributed by atoms with Crippen LogP contribution in [0.4, 0.5) is 0 Å². The van der Waals surface area contributed by atoms with E-state index in [9.17, 15) is 10.1 Å². The summed E-state index contributed by atoms with van der Waals surface area (Å²) in [7, 11) is 0. The van der Waals surface area contributed by atoms with Gasteiger partial charge < -0.3 is 11.5 Å². The Bertz CT molecular complexity index is 526. The van der Waals surface area contributed by atoms with Gasteiger partial charge in [0.15, 0.2) is 0 Å². The number of nitrogens with zero attached hydrogens (tertiary/aromatic N) is 2. The summed E-state index contributed by atoms with van der Waals surface area (Å²) >= 11 is 4.71. The van der Waals surface area contributed by atoms with Crippen molar-refractivity contribution in [3.8, 4) is 6.07 Å². The Labute approximate surface area is 109 Å². The summed E-state index contributed by atoms with van der Waals surface area (Å²) in [6, 6.07) is 1.86. The number of nitro groups is 1. The van der Waals surface area contributed by atoms with Crippen LogP contribution < -0.4 is 11.5 Å². The lowest BCUT2D eigenvalue weighted by atomic mass is 9.97. The molecular formula is C11H12N4O2S. The molecule has 0 aromatic carbocycles. The average Bonchev–Trinajstić information content (AvgIpc) is 2.29. The first-order valence-electron chi connectivity index (χ1n) is 5.17. The zero-order chi connectivity index (χ0) is 13.7. The summed E-state index contributed by atoms with van der Waals surface area (Å²) in [6.45, 7) is 0. The summed E-state index contributed by atoms with van der Waals surface area (Å²) in [4.78, 5) is 10.1. The van der Waals surface area contributed by atoms with Crippen molar-refractivity contribution in [2.45, 2.75) is 19.3 Å². The Morgan fingerprint density at radius 2 is 2.17 bits per heavy atom. The van der Waals surface area contributed by atoms with Gasteiger partial charge in [-0.15, -0.1) is 0 Å². The molecule has 0 aromatic heterocycles. The van der Waals surface area contributed by atoms with Crippen LogP contribution in [0.5, 0.6) is 0 Å². The van der Waals surface area contributed by atoms with Gasteiger partial charge in [0.05, 0.1) is 4.92 Å². The molecule has 0 bridgehead atoms. The summed E-state index contributed by atoms with van der Waals surface area (Å²) in [5.41, 5.74) is 12.6. The SMILES string of the molecule is N#C/C(C(N)=S)=C(/N)CC1=CC=C([N+](=O)[O-])CC1. The fraction of sp³-hybridized carbons (Fsp3) is 0.273. The number of thiocarbonyl (C=S) groups is 1. The molecule has 0 spiro atoms. The van der Waals surface area contributed by atoms with Crippen LogP contribution in [0.25, 0.3) is 0 Å². The van der Waals surface area contributed by atoms with Gasteiger partial charge in [-0.05, 0) is 6.42 Å². The van der Waals surface area contributed by atoms with Crippen LogP contribution in [0.3, 0.4) is 0 Å². The second kappa shape index (κ2) is 5.93. The van der Waals surface area contributed by atoms with E-state index in [0.29, 0.717) is 25.0 Å². The maximum atomic E-state index is 10.5. The molecule has 0 saturated heterocycles. The molecule has 0 unspecified atom stereocenters. The highest BCUT2D eigenvalue weighted by atomic mass is 32.1. The molecule has 1 aliphatic carbocycles. The monoisotopic (exact) mass is 264 g/mol. The lowest BCUT2D eigenvalue weighted by Gasteiger charge is -2.11. The minimum absolute atomic E-state index is 0.0343. The molecule has 0 saturated carbocycles. The van der Waals surface area contributed by atoms with Crippen molar-refractivity contribution in [1.29, 1.82) is 5.26 Å². The third-order valence-corrected chi connectivity index (χ3v) is 2.75. The standard InChI is InChI=1S/C11H12N4O2S/c12-6-9(11(14)18)10(13)5-7-1-3-8(4-2-7)15(16)17/h1,3H,2,4-5,13H2,(H2,14,18)/b10-9-. The minimum Gasteiger partial charge on any atom is -0.401 e. The molecule has 0 heterocycles. The molecule has 1 aliphatic rings.